The molecular weight excluding hydrogens is 658 g/mol. The molecule has 0 N–H and O–H groups in total. The fourth-order valence-corrected chi connectivity index (χ4v) is 7.69. The van der Waals surface area contributed by atoms with Crippen LogP contribution in [0.25, 0.3) is 22.3 Å². The summed E-state index contributed by atoms with van der Waals surface area (Å²) in [6.07, 6.45) is -9.01. The summed E-state index contributed by atoms with van der Waals surface area (Å²) in [5.41, 5.74) is 2.80. The lowest BCUT2D eigenvalue weighted by Crippen LogP contribution is -2.12. The average molecular weight is 687 g/mol. The van der Waals surface area contributed by atoms with Crippen LogP contribution in [0.2, 0.25) is 0 Å². The fourth-order valence-electron chi connectivity index (χ4n) is 5.93. The molecule has 0 saturated heterocycles. The number of hydrogen-bond donors (Lipinski definition) is 0. The highest BCUT2D eigenvalue weighted by Crippen LogP contribution is 2.39. The number of halogens is 6. The molecule has 6 aromatic rings. The Kier molecular flexibility index (Phi) is 9.22. The lowest BCUT2D eigenvalue weighted by molar-refractivity contribution is -0.138. The molecule has 0 aromatic heterocycles. The third-order valence-corrected chi connectivity index (χ3v) is 10.3. The van der Waals surface area contributed by atoms with E-state index in [2.05, 4.69) is 0 Å². The predicted molar refractivity (Wildman–Crippen MR) is 178 cm³/mol. The Morgan fingerprint density at radius 3 is 1.08 bits per heavy atom. The van der Waals surface area contributed by atoms with Gasteiger partial charge in [-0.05, 0) is 93.7 Å². The Labute approximate surface area is 280 Å². The number of alkyl halides is 6. The number of benzene rings is 6. The molecule has 0 radical (unpaired) electrons. The Bertz CT molecular complexity index is 2020. The van der Waals surface area contributed by atoms with Gasteiger partial charge in [-0.1, -0.05) is 109 Å². The number of rotatable bonds is 8. The molecule has 9 heteroatoms. The van der Waals surface area contributed by atoms with Crippen molar-refractivity contribution in [1.82, 2.24) is 0 Å². The molecule has 0 atom stereocenters. The highest BCUT2D eigenvalue weighted by atomic mass is 32.2. The van der Waals surface area contributed by atoms with Gasteiger partial charge in [0.15, 0.2) is 0 Å². The Morgan fingerprint density at radius 2 is 0.755 bits per heavy atom. The quantitative estimate of drug-likeness (QED) is 0.149. The first-order valence-corrected chi connectivity index (χ1v) is 16.7. The van der Waals surface area contributed by atoms with E-state index in [1.165, 1.54) is 36.4 Å². The maximum Gasteiger partial charge on any atom is 0.416 e. The molecule has 6 aromatic carbocycles. The average Bonchev–Trinajstić information content (AvgIpc) is 3.09. The van der Waals surface area contributed by atoms with Crippen LogP contribution in [0.4, 0.5) is 26.3 Å². The summed E-state index contributed by atoms with van der Waals surface area (Å²) < 4.78 is 110. The Balaban J connectivity index is 1.53. The maximum atomic E-state index is 14.9. The zero-order chi connectivity index (χ0) is 34.8. The summed E-state index contributed by atoms with van der Waals surface area (Å²) in [4.78, 5) is -0.0414. The summed E-state index contributed by atoms with van der Waals surface area (Å²) in [7, 11) is -4.32. The minimum absolute atomic E-state index is 0.0182. The van der Waals surface area contributed by atoms with Crippen LogP contribution in [0.5, 0.6) is 0 Å². The molecule has 49 heavy (non-hydrogen) atoms. The molecule has 0 heterocycles. The van der Waals surface area contributed by atoms with E-state index >= 15 is 0 Å². The van der Waals surface area contributed by atoms with Crippen molar-refractivity contribution < 1.29 is 34.8 Å². The molecule has 0 aliphatic carbocycles. The summed E-state index contributed by atoms with van der Waals surface area (Å²) in [5, 5.41) is 0. The zero-order valence-electron chi connectivity index (χ0n) is 25.8. The third kappa shape index (κ3) is 7.32. The van der Waals surface area contributed by atoms with Crippen molar-refractivity contribution in [1.29, 1.82) is 0 Å². The summed E-state index contributed by atoms with van der Waals surface area (Å²) in [6, 6.07) is 37.2. The number of hydrogen-bond acceptors (Lipinski definition) is 2. The Morgan fingerprint density at radius 1 is 0.408 bits per heavy atom. The van der Waals surface area contributed by atoms with E-state index in [-0.39, 0.29) is 22.6 Å². The van der Waals surface area contributed by atoms with Crippen molar-refractivity contribution in [3.8, 4) is 22.3 Å². The van der Waals surface area contributed by atoms with Crippen LogP contribution in [0.1, 0.15) is 33.4 Å². The summed E-state index contributed by atoms with van der Waals surface area (Å²) in [6.45, 7) is 0. The molecule has 0 spiro atoms. The van der Waals surface area contributed by atoms with Crippen molar-refractivity contribution in [2.24, 2.45) is 0 Å². The lowest BCUT2D eigenvalue weighted by atomic mass is 9.94. The van der Waals surface area contributed by atoms with Gasteiger partial charge in [0.05, 0.1) is 20.9 Å². The molecule has 0 bridgehead atoms. The van der Waals surface area contributed by atoms with Crippen LogP contribution in [-0.2, 0) is 35.0 Å². The third-order valence-electron chi connectivity index (χ3n) is 8.34. The largest absolute Gasteiger partial charge is 0.416 e. The van der Waals surface area contributed by atoms with Gasteiger partial charge in [0.1, 0.15) is 0 Å². The van der Waals surface area contributed by atoms with E-state index in [9.17, 15) is 34.8 Å². The molecule has 248 valence electrons. The molecular formula is C40H28F6O2S. The smallest absolute Gasteiger partial charge is 0.218 e. The first kappa shape index (κ1) is 33.7. The molecule has 2 nitrogen and oxygen atoms in total. The number of sulfone groups is 1. The van der Waals surface area contributed by atoms with Gasteiger partial charge in [-0.15, -0.1) is 0 Å². The normalized spacial score (nSPS) is 12.2. The topological polar surface area (TPSA) is 34.1 Å². The minimum Gasteiger partial charge on any atom is -0.218 e. The standard InChI is InChI=1S/C40H28F6O2S/c41-39(42,43)31-21-17-27(18-22-31)25-35-33(29-9-3-1-4-10-29)13-7-15-37(35)49(47,48)38-16-8-14-34(30-11-5-2-6-12-30)36(38)26-28-19-23-32(24-20-28)40(44,45)46/h1-24H,25-26H2. The SMILES string of the molecule is O=S(=O)(c1cccc(-c2ccccc2)c1Cc1ccc(C(F)(F)F)cc1)c1cccc(-c2ccccc2)c1Cc1ccc(C(F)(F)F)cc1. The van der Waals surface area contributed by atoms with E-state index in [0.29, 0.717) is 33.4 Å². The van der Waals surface area contributed by atoms with Gasteiger partial charge in [-0.25, -0.2) is 8.42 Å². The van der Waals surface area contributed by atoms with Gasteiger partial charge in [-0.3, -0.25) is 0 Å². The second-order valence-electron chi connectivity index (χ2n) is 11.5. The van der Waals surface area contributed by atoms with Crippen LogP contribution < -0.4 is 0 Å². The van der Waals surface area contributed by atoms with Crippen LogP contribution in [0.3, 0.4) is 0 Å². The first-order valence-electron chi connectivity index (χ1n) is 15.2. The monoisotopic (exact) mass is 686 g/mol. The van der Waals surface area contributed by atoms with Gasteiger partial charge in [0.2, 0.25) is 9.84 Å². The first-order chi connectivity index (χ1) is 23.3. The molecule has 6 rings (SSSR count). The molecule has 0 aliphatic rings. The van der Waals surface area contributed by atoms with Crippen LogP contribution >= 0.6 is 0 Å². The maximum absolute atomic E-state index is 14.9. The van der Waals surface area contributed by atoms with E-state index in [4.69, 9.17) is 0 Å². The molecule has 0 saturated carbocycles. The van der Waals surface area contributed by atoms with Crippen molar-refractivity contribution >= 4 is 9.84 Å². The van der Waals surface area contributed by atoms with Crippen LogP contribution in [0, 0.1) is 0 Å². The van der Waals surface area contributed by atoms with Crippen molar-refractivity contribution in [2.75, 3.05) is 0 Å². The van der Waals surface area contributed by atoms with Crippen molar-refractivity contribution in [3.05, 3.63) is 179 Å². The molecule has 0 unspecified atom stereocenters. The van der Waals surface area contributed by atoms with E-state index in [1.54, 1.807) is 24.3 Å². The molecule has 0 aliphatic heterocycles. The Hall–Kier alpha value is -5.15. The van der Waals surface area contributed by atoms with Crippen LogP contribution in [-0.4, -0.2) is 8.42 Å². The van der Waals surface area contributed by atoms with Gasteiger partial charge >= 0.3 is 12.4 Å². The van der Waals surface area contributed by atoms with E-state index in [1.807, 2.05) is 60.7 Å². The molecule has 0 amide bonds. The lowest BCUT2D eigenvalue weighted by Gasteiger charge is -2.20. The van der Waals surface area contributed by atoms with Crippen molar-refractivity contribution in [3.63, 3.8) is 0 Å². The van der Waals surface area contributed by atoms with Gasteiger partial charge < -0.3 is 0 Å². The fraction of sp³-hybridized carbons (Fsp3) is 0.100. The zero-order valence-corrected chi connectivity index (χ0v) is 26.6. The van der Waals surface area contributed by atoms with Crippen LogP contribution in [0.15, 0.2) is 155 Å². The second-order valence-corrected chi connectivity index (χ2v) is 13.4. The summed E-state index contributed by atoms with van der Waals surface area (Å²) >= 11 is 0. The van der Waals surface area contributed by atoms with Gasteiger partial charge in [-0.2, -0.15) is 26.3 Å². The molecule has 0 fully saturated rings. The van der Waals surface area contributed by atoms with E-state index in [0.717, 1.165) is 35.4 Å². The highest BCUT2D eigenvalue weighted by molar-refractivity contribution is 7.91. The predicted octanol–water partition coefficient (Wildman–Crippen LogP) is 11.1. The summed E-state index contributed by atoms with van der Waals surface area (Å²) in [5.74, 6) is 0. The van der Waals surface area contributed by atoms with Gasteiger partial charge in [0, 0.05) is 0 Å². The van der Waals surface area contributed by atoms with E-state index < -0.39 is 33.3 Å². The van der Waals surface area contributed by atoms with Gasteiger partial charge in [0.25, 0.3) is 0 Å². The highest BCUT2D eigenvalue weighted by Gasteiger charge is 2.32. The minimum atomic E-state index is -4.53. The van der Waals surface area contributed by atoms with Crippen molar-refractivity contribution in [2.45, 2.75) is 35.0 Å². The second kappa shape index (κ2) is 13.4.